The van der Waals surface area contributed by atoms with Crippen LogP contribution in [0.3, 0.4) is 0 Å². The first-order valence-corrected chi connectivity index (χ1v) is 14.1. The number of aromatic amines is 1. The molecule has 214 valence electrons. The number of nitrogens with one attached hydrogen (secondary N) is 4. The van der Waals surface area contributed by atoms with Crippen LogP contribution in [0.2, 0.25) is 0 Å². The number of carbonyl (C=O) groups excluding carboxylic acids is 3. The van der Waals surface area contributed by atoms with E-state index in [9.17, 15) is 29.4 Å². The highest BCUT2D eigenvalue weighted by Crippen LogP contribution is 2.12. The fraction of sp³-hybridized carbons (Fsp3) is 0.500. The van der Waals surface area contributed by atoms with Crippen LogP contribution >= 0.6 is 11.8 Å². The molecule has 2 aromatic rings. The van der Waals surface area contributed by atoms with Gasteiger partial charge in [-0.3, -0.25) is 14.4 Å². The Morgan fingerprint density at radius 2 is 1.62 bits per heavy atom. The Bertz CT molecular complexity index is 1080. The number of phenolic OH excluding ortho intramolecular Hbond substituents is 1. The van der Waals surface area contributed by atoms with E-state index in [1.54, 1.807) is 12.1 Å². The normalized spacial score (nSPS) is 14.9. The number of carboxylic acid groups (broad SMARTS) is 1. The second-order valence-electron chi connectivity index (χ2n) is 9.37. The van der Waals surface area contributed by atoms with E-state index in [1.165, 1.54) is 36.4 Å². The number of H-pyrrole nitrogens is 1. The quantitative estimate of drug-likeness (QED) is 0.153. The number of nitrogens with two attached hydrogens (primary N) is 1. The number of thioether (sulfide) groups is 1. The number of aromatic hydroxyl groups is 1. The molecule has 0 bridgehead atoms. The van der Waals surface area contributed by atoms with Crippen molar-refractivity contribution in [1.82, 2.24) is 25.9 Å². The highest BCUT2D eigenvalue weighted by Gasteiger charge is 2.31. The third-order valence-electron chi connectivity index (χ3n) is 6.41. The van der Waals surface area contributed by atoms with Crippen molar-refractivity contribution in [2.75, 3.05) is 12.0 Å². The topological polar surface area (TPSA) is 200 Å². The van der Waals surface area contributed by atoms with Gasteiger partial charge < -0.3 is 36.9 Å². The Morgan fingerprint density at radius 1 is 1.00 bits per heavy atom. The van der Waals surface area contributed by atoms with E-state index in [-0.39, 0.29) is 30.9 Å². The van der Waals surface area contributed by atoms with Crippen LogP contribution in [0.1, 0.15) is 37.9 Å². The molecule has 2 rings (SSSR count). The number of amides is 3. The predicted octanol–water partition coefficient (Wildman–Crippen LogP) is 0.566. The molecule has 0 spiro atoms. The largest absolute Gasteiger partial charge is 0.508 e. The summed E-state index contributed by atoms with van der Waals surface area (Å²) >= 11 is 1.47. The molecular weight excluding hydrogens is 524 g/mol. The summed E-state index contributed by atoms with van der Waals surface area (Å²) in [6, 6.07) is 1.82. The van der Waals surface area contributed by atoms with Crippen LogP contribution in [0.25, 0.3) is 0 Å². The van der Waals surface area contributed by atoms with Crippen molar-refractivity contribution >= 4 is 35.5 Å². The number of rotatable bonds is 16. The zero-order valence-corrected chi connectivity index (χ0v) is 23.2. The van der Waals surface area contributed by atoms with Crippen molar-refractivity contribution in [2.24, 2.45) is 11.7 Å². The number of hydrogen-bond acceptors (Lipinski definition) is 8. The average molecular weight is 563 g/mol. The van der Waals surface area contributed by atoms with E-state index < -0.39 is 47.9 Å². The molecule has 1 heterocycles. The van der Waals surface area contributed by atoms with E-state index in [1.807, 2.05) is 20.1 Å². The maximum Gasteiger partial charge on any atom is 0.326 e. The second-order valence-corrected chi connectivity index (χ2v) is 10.4. The van der Waals surface area contributed by atoms with E-state index in [0.717, 1.165) is 0 Å². The minimum absolute atomic E-state index is 0.0173. The molecule has 5 unspecified atom stereocenters. The predicted molar refractivity (Wildman–Crippen MR) is 148 cm³/mol. The lowest BCUT2D eigenvalue weighted by molar-refractivity contribution is -0.142. The second kappa shape index (κ2) is 15.7. The lowest BCUT2D eigenvalue weighted by Gasteiger charge is -2.26. The summed E-state index contributed by atoms with van der Waals surface area (Å²) in [6.45, 7) is 3.75. The standard InChI is InChI=1S/C26H38N6O6S/c1-4-15(2)22(27)25(36)31-20(12-17-13-28-14-29-17)24(35)30-19(9-10-39-3)23(34)32-21(26(37)38)11-16-5-7-18(33)8-6-16/h5-8,13-15,19-22,33H,4,9-12,27H2,1-3H3,(H,28,29)(H,30,35)(H,31,36)(H,32,34)(H,37,38). The molecule has 3 amide bonds. The monoisotopic (exact) mass is 562 g/mol. The zero-order chi connectivity index (χ0) is 28.9. The van der Waals surface area contributed by atoms with Gasteiger partial charge in [-0.05, 0) is 42.0 Å². The van der Waals surface area contributed by atoms with Gasteiger partial charge in [-0.1, -0.05) is 32.4 Å². The lowest BCUT2D eigenvalue weighted by Crippen LogP contribution is -2.58. The minimum atomic E-state index is -1.26. The zero-order valence-electron chi connectivity index (χ0n) is 22.3. The molecule has 39 heavy (non-hydrogen) atoms. The van der Waals surface area contributed by atoms with Crippen LogP contribution in [-0.4, -0.2) is 80.0 Å². The number of aromatic nitrogens is 2. The van der Waals surface area contributed by atoms with Crippen LogP contribution in [0.4, 0.5) is 0 Å². The van der Waals surface area contributed by atoms with Crippen molar-refractivity contribution in [1.29, 1.82) is 0 Å². The maximum atomic E-state index is 13.4. The first-order valence-electron chi connectivity index (χ1n) is 12.7. The van der Waals surface area contributed by atoms with Gasteiger partial charge in [-0.25, -0.2) is 9.78 Å². The summed E-state index contributed by atoms with van der Waals surface area (Å²) in [4.78, 5) is 58.1. The molecule has 5 atom stereocenters. The number of carbonyl (C=O) groups is 4. The Labute approximate surface area is 231 Å². The highest BCUT2D eigenvalue weighted by atomic mass is 32.2. The Kier molecular flexibility index (Phi) is 12.8. The summed E-state index contributed by atoms with van der Waals surface area (Å²) in [5, 5.41) is 27.1. The summed E-state index contributed by atoms with van der Waals surface area (Å²) in [5.74, 6) is -2.56. The molecule has 0 aliphatic carbocycles. The van der Waals surface area contributed by atoms with Gasteiger partial charge in [0.25, 0.3) is 0 Å². The Hall–Kier alpha value is -3.58. The van der Waals surface area contributed by atoms with E-state index in [4.69, 9.17) is 5.73 Å². The van der Waals surface area contributed by atoms with Crippen molar-refractivity contribution in [3.8, 4) is 5.75 Å². The Balaban J connectivity index is 2.18. The van der Waals surface area contributed by atoms with Crippen LogP contribution in [0, 0.1) is 5.92 Å². The van der Waals surface area contributed by atoms with Gasteiger partial charge in [0.2, 0.25) is 17.7 Å². The average Bonchev–Trinajstić information content (AvgIpc) is 3.43. The van der Waals surface area contributed by atoms with E-state index >= 15 is 0 Å². The number of carboxylic acids is 1. The van der Waals surface area contributed by atoms with E-state index in [2.05, 4.69) is 25.9 Å². The smallest absolute Gasteiger partial charge is 0.326 e. The first kappa shape index (κ1) is 31.6. The molecule has 12 nitrogen and oxygen atoms in total. The van der Waals surface area contributed by atoms with Crippen molar-refractivity contribution in [2.45, 2.75) is 63.7 Å². The lowest BCUT2D eigenvalue weighted by atomic mass is 9.98. The van der Waals surface area contributed by atoms with Crippen LogP contribution in [0.15, 0.2) is 36.8 Å². The molecular formula is C26H38N6O6S. The molecule has 8 N–H and O–H groups in total. The summed E-state index contributed by atoms with van der Waals surface area (Å²) in [5.41, 5.74) is 7.26. The van der Waals surface area contributed by atoms with Crippen molar-refractivity contribution in [3.05, 3.63) is 48.0 Å². The Morgan fingerprint density at radius 3 is 2.18 bits per heavy atom. The van der Waals surface area contributed by atoms with Crippen LogP contribution < -0.4 is 21.7 Å². The summed E-state index contributed by atoms with van der Waals surface area (Å²) in [7, 11) is 0. The van der Waals surface area contributed by atoms with Gasteiger partial charge >= 0.3 is 5.97 Å². The van der Waals surface area contributed by atoms with Gasteiger partial charge in [0, 0.05) is 24.7 Å². The third kappa shape index (κ3) is 10.2. The number of benzene rings is 1. The molecule has 1 aromatic heterocycles. The number of hydrogen-bond donors (Lipinski definition) is 7. The van der Waals surface area contributed by atoms with E-state index in [0.29, 0.717) is 23.4 Å². The third-order valence-corrected chi connectivity index (χ3v) is 7.05. The van der Waals surface area contributed by atoms with Gasteiger partial charge in [0.1, 0.15) is 23.9 Å². The molecule has 0 saturated carbocycles. The fourth-order valence-corrected chi connectivity index (χ4v) is 4.19. The number of imidazole rings is 1. The fourth-order valence-electron chi connectivity index (χ4n) is 3.72. The van der Waals surface area contributed by atoms with Gasteiger partial charge in [0.15, 0.2) is 0 Å². The highest BCUT2D eigenvalue weighted by molar-refractivity contribution is 7.98. The molecule has 0 fully saturated rings. The van der Waals surface area contributed by atoms with Crippen molar-refractivity contribution in [3.63, 3.8) is 0 Å². The molecule has 0 radical (unpaired) electrons. The number of phenols is 1. The minimum Gasteiger partial charge on any atom is -0.508 e. The number of aliphatic carboxylic acids is 1. The molecule has 1 aromatic carbocycles. The molecule has 0 aliphatic heterocycles. The van der Waals surface area contributed by atoms with Crippen LogP contribution in [-0.2, 0) is 32.0 Å². The number of nitrogens with zero attached hydrogens (tertiary/aromatic N) is 1. The van der Waals surface area contributed by atoms with Crippen LogP contribution in [0.5, 0.6) is 5.75 Å². The van der Waals surface area contributed by atoms with Crippen molar-refractivity contribution < 1.29 is 29.4 Å². The molecule has 0 saturated heterocycles. The summed E-state index contributed by atoms with van der Waals surface area (Å²) in [6.07, 6.45) is 5.81. The SMILES string of the molecule is CCC(C)C(N)C(=O)NC(Cc1cnc[nH]1)C(=O)NC(CCSC)C(=O)NC(Cc1ccc(O)cc1)C(=O)O. The first-order chi connectivity index (χ1) is 18.5. The van der Waals surface area contributed by atoms with Gasteiger partial charge in [-0.2, -0.15) is 11.8 Å². The summed E-state index contributed by atoms with van der Waals surface area (Å²) < 4.78 is 0. The molecule has 13 heteroatoms. The van der Waals surface area contributed by atoms with Gasteiger partial charge in [-0.15, -0.1) is 0 Å². The van der Waals surface area contributed by atoms with Gasteiger partial charge in [0.05, 0.1) is 12.4 Å². The molecule has 0 aliphatic rings. The maximum absolute atomic E-state index is 13.4.